The van der Waals surface area contributed by atoms with Crippen LogP contribution >= 0.6 is 0 Å². The van der Waals surface area contributed by atoms with Crippen LogP contribution in [0.15, 0.2) is 139 Å². The lowest BCUT2D eigenvalue weighted by Gasteiger charge is -2.43. The van der Waals surface area contributed by atoms with Gasteiger partial charge in [-0.15, -0.1) is 0 Å². The van der Waals surface area contributed by atoms with Gasteiger partial charge in [-0.3, -0.25) is 0 Å². The van der Waals surface area contributed by atoms with Crippen LogP contribution < -0.4 is 15.2 Å². The van der Waals surface area contributed by atoms with Crippen molar-refractivity contribution in [3.8, 4) is 16.9 Å². The van der Waals surface area contributed by atoms with Crippen molar-refractivity contribution in [2.75, 3.05) is 0 Å². The van der Waals surface area contributed by atoms with Crippen LogP contribution in [0.4, 0.5) is 0 Å². The van der Waals surface area contributed by atoms with Gasteiger partial charge in [0.2, 0.25) is 0 Å². The molecule has 0 radical (unpaired) electrons. The molecule has 0 saturated carbocycles. The van der Waals surface area contributed by atoms with Crippen LogP contribution in [0.3, 0.4) is 0 Å². The number of benzene rings is 4. The summed E-state index contributed by atoms with van der Waals surface area (Å²) in [7, 11) is 0. The summed E-state index contributed by atoms with van der Waals surface area (Å²) in [4.78, 5) is 0. The highest BCUT2D eigenvalue weighted by Gasteiger charge is 2.42. The van der Waals surface area contributed by atoms with Crippen LogP contribution in [0.2, 0.25) is 0 Å². The van der Waals surface area contributed by atoms with Crippen LogP contribution in [0.5, 0.6) is 5.75 Å². The molecule has 4 aromatic carbocycles. The standard InChI is InChI=1S/C49H40O/c1-3-11-38-34(9-1)27-37-24-22-33(28-46(37)42-14-6-5-13-41(38)42)31-19-20-32-26-36(23-21-30(32)25-31)40-15-7-18-45-44-17-8-16-43-39-12-4-2-10-35(39)29-47(48(43)44)50-49(40)45/h2-8,10-16,18,21-26,28-29,41-42,44,47-48H,1,9,17,19-20,27H2. The molecule has 0 spiro atoms. The molecule has 0 N–H and O–H groups in total. The smallest absolute Gasteiger partial charge is 0.131 e. The third-order valence-corrected chi connectivity index (χ3v) is 12.7. The second-order valence-electron chi connectivity index (χ2n) is 15.3. The highest BCUT2D eigenvalue weighted by Crippen LogP contribution is 2.52. The molecule has 5 unspecified atom stereocenters. The van der Waals surface area contributed by atoms with Crippen molar-refractivity contribution >= 4 is 23.3 Å². The van der Waals surface area contributed by atoms with Gasteiger partial charge in [0.15, 0.2) is 0 Å². The molecule has 5 atom stereocenters. The number of allylic oxidation sites excluding steroid dienone is 11. The molecule has 50 heavy (non-hydrogen) atoms. The number of rotatable bonds is 2. The lowest BCUT2D eigenvalue weighted by Crippen LogP contribution is -2.46. The lowest BCUT2D eigenvalue weighted by molar-refractivity contribution is 0.173. The van der Waals surface area contributed by atoms with Crippen LogP contribution in [0.25, 0.3) is 34.4 Å². The van der Waals surface area contributed by atoms with Crippen molar-refractivity contribution in [1.82, 2.24) is 0 Å². The summed E-state index contributed by atoms with van der Waals surface area (Å²) in [5.41, 5.74) is 17.2. The highest BCUT2D eigenvalue weighted by atomic mass is 16.5. The Bertz CT molecular complexity index is 2440. The lowest BCUT2D eigenvalue weighted by atomic mass is 9.68. The Hall–Kier alpha value is -5.14. The van der Waals surface area contributed by atoms with E-state index in [1.807, 2.05) is 0 Å². The SMILES string of the molecule is C1=CC2C3=C(CCC=C3)Cc3ccc(C4=Cc5ccc(-c6cccc7c6OC6C=c8ccccc8=C8C=CCC7C86)cc5CC4)cc3C2C=C1. The first-order valence-electron chi connectivity index (χ1n) is 18.7. The van der Waals surface area contributed by atoms with E-state index < -0.39 is 0 Å². The third-order valence-electron chi connectivity index (χ3n) is 12.7. The van der Waals surface area contributed by atoms with Gasteiger partial charge in [0.1, 0.15) is 11.9 Å². The molecular formula is C49H40O. The molecule has 6 aliphatic carbocycles. The molecule has 0 fully saturated rings. The van der Waals surface area contributed by atoms with E-state index in [1.54, 1.807) is 11.1 Å². The fourth-order valence-corrected chi connectivity index (χ4v) is 10.3. The van der Waals surface area contributed by atoms with Crippen molar-refractivity contribution < 1.29 is 4.74 Å². The van der Waals surface area contributed by atoms with E-state index in [0.717, 1.165) is 31.4 Å². The molecule has 1 aliphatic heterocycles. The van der Waals surface area contributed by atoms with E-state index in [-0.39, 0.29) is 6.10 Å². The maximum absolute atomic E-state index is 7.02. The largest absolute Gasteiger partial charge is 0.485 e. The molecule has 1 nitrogen and oxygen atoms in total. The van der Waals surface area contributed by atoms with Crippen LogP contribution in [0, 0.1) is 11.8 Å². The Balaban J connectivity index is 0.933. The van der Waals surface area contributed by atoms with Gasteiger partial charge in [0.25, 0.3) is 0 Å². The number of fused-ring (bicyclic) bond motifs is 8. The summed E-state index contributed by atoms with van der Waals surface area (Å²) >= 11 is 0. The second kappa shape index (κ2) is 11.2. The molecule has 0 amide bonds. The van der Waals surface area contributed by atoms with E-state index in [9.17, 15) is 0 Å². The van der Waals surface area contributed by atoms with E-state index in [1.165, 1.54) is 78.9 Å². The molecule has 11 rings (SSSR count). The second-order valence-corrected chi connectivity index (χ2v) is 15.3. The number of aryl methyl sites for hydroxylation is 1. The molecule has 0 bridgehead atoms. The van der Waals surface area contributed by atoms with Gasteiger partial charge < -0.3 is 4.74 Å². The Morgan fingerprint density at radius 1 is 0.680 bits per heavy atom. The monoisotopic (exact) mass is 644 g/mol. The predicted octanol–water partition coefficient (Wildman–Crippen LogP) is 9.93. The summed E-state index contributed by atoms with van der Waals surface area (Å²) in [5, 5.41) is 2.66. The van der Waals surface area contributed by atoms with Gasteiger partial charge in [-0.1, -0.05) is 139 Å². The van der Waals surface area contributed by atoms with Gasteiger partial charge in [-0.25, -0.2) is 0 Å². The van der Waals surface area contributed by atoms with Crippen LogP contribution in [-0.4, -0.2) is 6.10 Å². The van der Waals surface area contributed by atoms with Crippen LogP contribution in [0.1, 0.15) is 70.9 Å². The number of para-hydroxylation sites is 1. The molecule has 242 valence electrons. The van der Waals surface area contributed by atoms with Gasteiger partial charge >= 0.3 is 0 Å². The Labute approximate surface area is 294 Å². The van der Waals surface area contributed by atoms with Gasteiger partial charge in [-0.05, 0) is 111 Å². The third kappa shape index (κ3) is 4.39. The highest BCUT2D eigenvalue weighted by molar-refractivity contribution is 5.86. The Morgan fingerprint density at radius 3 is 2.56 bits per heavy atom. The quantitative estimate of drug-likeness (QED) is 0.211. The van der Waals surface area contributed by atoms with Crippen molar-refractivity contribution in [3.05, 3.63) is 182 Å². The van der Waals surface area contributed by atoms with E-state index in [4.69, 9.17) is 4.74 Å². The fourth-order valence-electron chi connectivity index (χ4n) is 10.3. The van der Waals surface area contributed by atoms with E-state index in [0.29, 0.717) is 23.7 Å². The summed E-state index contributed by atoms with van der Waals surface area (Å²) in [6.45, 7) is 0. The number of ether oxygens (including phenoxy) is 1. The molecule has 0 aromatic heterocycles. The number of hydrogen-bond donors (Lipinski definition) is 0. The normalized spacial score (nSPS) is 26.1. The zero-order valence-electron chi connectivity index (χ0n) is 28.3. The predicted molar refractivity (Wildman–Crippen MR) is 206 cm³/mol. The first-order valence-corrected chi connectivity index (χ1v) is 18.7. The van der Waals surface area contributed by atoms with Crippen molar-refractivity contribution in [2.24, 2.45) is 11.8 Å². The van der Waals surface area contributed by atoms with Gasteiger partial charge in [-0.2, -0.15) is 0 Å². The summed E-state index contributed by atoms with van der Waals surface area (Å²) in [5.74, 6) is 2.74. The first kappa shape index (κ1) is 28.7. The minimum absolute atomic E-state index is 0.0561. The zero-order valence-corrected chi connectivity index (χ0v) is 28.3. The minimum atomic E-state index is 0.0561. The minimum Gasteiger partial charge on any atom is -0.485 e. The Kier molecular flexibility index (Phi) is 6.42. The number of hydrogen-bond acceptors (Lipinski definition) is 1. The summed E-state index contributed by atoms with van der Waals surface area (Å²) in [6.07, 6.45) is 30.4. The molecule has 0 saturated heterocycles. The molecule has 1 heteroatoms. The van der Waals surface area contributed by atoms with E-state index >= 15 is 0 Å². The molecule has 7 aliphatic rings. The van der Waals surface area contributed by atoms with Gasteiger partial charge in [0.05, 0.1) is 0 Å². The summed E-state index contributed by atoms with van der Waals surface area (Å²) < 4.78 is 7.02. The van der Waals surface area contributed by atoms with Crippen molar-refractivity contribution in [3.63, 3.8) is 0 Å². The summed E-state index contributed by atoms with van der Waals surface area (Å²) in [6, 6.07) is 30.1. The van der Waals surface area contributed by atoms with Crippen molar-refractivity contribution in [2.45, 2.75) is 56.5 Å². The molecule has 4 aromatic rings. The first-order chi connectivity index (χ1) is 24.8. The van der Waals surface area contributed by atoms with Gasteiger partial charge in [0, 0.05) is 29.2 Å². The molecular weight excluding hydrogens is 605 g/mol. The maximum atomic E-state index is 7.02. The zero-order chi connectivity index (χ0) is 32.8. The molecule has 1 heterocycles. The average molecular weight is 645 g/mol. The fraction of sp³-hybridized carbons (Fsp3) is 0.224. The topological polar surface area (TPSA) is 9.23 Å². The van der Waals surface area contributed by atoms with Crippen molar-refractivity contribution in [1.29, 1.82) is 0 Å². The van der Waals surface area contributed by atoms with E-state index in [2.05, 4.69) is 140 Å². The maximum Gasteiger partial charge on any atom is 0.131 e. The Morgan fingerprint density at radius 2 is 1.58 bits per heavy atom. The average Bonchev–Trinajstić information content (AvgIpc) is 3.32. The van der Waals surface area contributed by atoms with Crippen LogP contribution in [-0.2, 0) is 12.8 Å².